The highest BCUT2D eigenvalue weighted by molar-refractivity contribution is 5.85. The van der Waals surface area contributed by atoms with Crippen LogP contribution in [0.3, 0.4) is 0 Å². The number of aryl methyl sites for hydroxylation is 1. The summed E-state index contributed by atoms with van der Waals surface area (Å²) in [5.74, 6) is 2.18. The van der Waals surface area contributed by atoms with Gasteiger partial charge in [-0.2, -0.15) is 0 Å². The molecule has 182 valence electrons. The minimum absolute atomic E-state index is 0. The van der Waals surface area contributed by atoms with Crippen molar-refractivity contribution >= 4 is 18.1 Å². The highest BCUT2D eigenvalue weighted by atomic mass is 35.5. The fraction of sp³-hybridized carbons (Fsp3) is 0.357. The van der Waals surface area contributed by atoms with Crippen LogP contribution in [-0.2, 0) is 13.0 Å². The Balaban J connectivity index is 0.00000324. The first-order valence-corrected chi connectivity index (χ1v) is 11.6. The minimum atomic E-state index is 0. The van der Waals surface area contributed by atoms with Crippen molar-refractivity contribution in [1.29, 1.82) is 0 Å². The fourth-order valence-electron chi connectivity index (χ4n) is 4.18. The molecule has 0 N–H and O–H groups in total. The minimum Gasteiger partial charge on any atom is -0.496 e. The summed E-state index contributed by atoms with van der Waals surface area (Å²) in [5, 5.41) is 0. The largest absolute Gasteiger partial charge is 0.496 e. The van der Waals surface area contributed by atoms with Crippen molar-refractivity contribution in [1.82, 2.24) is 4.90 Å². The predicted molar refractivity (Wildman–Crippen MR) is 141 cm³/mol. The smallest absolute Gasteiger partial charge is 0.127 e. The first-order chi connectivity index (χ1) is 16.1. The third-order valence-corrected chi connectivity index (χ3v) is 6.21. The Hall–Kier alpha value is -2.89. The van der Waals surface area contributed by atoms with Gasteiger partial charge in [-0.1, -0.05) is 36.4 Å². The maximum atomic E-state index is 5.95. The molecule has 0 unspecified atom stereocenters. The SMILES string of the molecule is COc1cc(OC)cc(OCc2ccc(CCN3CCN(c4cccc(C)c4)CC3)cc2)c1.Cl. The number of ether oxygens (including phenoxy) is 3. The Morgan fingerprint density at radius 2 is 1.35 bits per heavy atom. The van der Waals surface area contributed by atoms with E-state index in [0.717, 1.165) is 62.0 Å². The summed E-state index contributed by atoms with van der Waals surface area (Å²) in [6.45, 7) is 8.18. The van der Waals surface area contributed by atoms with E-state index in [1.54, 1.807) is 14.2 Å². The van der Waals surface area contributed by atoms with Gasteiger partial charge in [0.15, 0.2) is 0 Å². The normalized spacial score (nSPS) is 13.8. The third-order valence-electron chi connectivity index (χ3n) is 6.21. The number of rotatable bonds is 9. The molecule has 5 nitrogen and oxygen atoms in total. The molecule has 0 aromatic heterocycles. The van der Waals surface area contributed by atoms with Gasteiger partial charge in [-0.05, 0) is 42.2 Å². The topological polar surface area (TPSA) is 34.2 Å². The molecule has 34 heavy (non-hydrogen) atoms. The van der Waals surface area contributed by atoms with Crippen LogP contribution in [0.4, 0.5) is 5.69 Å². The van der Waals surface area contributed by atoms with Crippen LogP contribution in [0.2, 0.25) is 0 Å². The van der Waals surface area contributed by atoms with E-state index in [4.69, 9.17) is 14.2 Å². The number of piperazine rings is 1. The summed E-state index contributed by atoms with van der Waals surface area (Å²) >= 11 is 0. The van der Waals surface area contributed by atoms with Gasteiger partial charge in [0.1, 0.15) is 23.9 Å². The molecule has 1 aliphatic rings. The molecule has 0 atom stereocenters. The van der Waals surface area contributed by atoms with Crippen LogP contribution in [0.1, 0.15) is 16.7 Å². The molecule has 3 aromatic rings. The van der Waals surface area contributed by atoms with Gasteiger partial charge in [-0.15, -0.1) is 12.4 Å². The summed E-state index contributed by atoms with van der Waals surface area (Å²) in [4.78, 5) is 5.07. The van der Waals surface area contributed by atoms with Gasteiger partial charge in [0.05, 0.1) is 14.2 Å². The molecule has 0 saturated carbocycles. The van der Waals surface area contributed by atoms with E-state index in [1.807, 2.05) is 18.2 Å². The molecule has 0 radical (unpaired) electrons. The maximum absolute atomic E-state index is 5.95. The lowest BCUT2D eigenvalue weighted by molar-refractivity contribution is 0.261. The zero-order chi connectivity index (χ0) is 23.0. The van der Waals surface area contributed by atoms with Crippen LogP contribution in [0.5, 0.6) is 17.2 Å². The molecular formula is C28H35ClN2O3. The quantitative estimate of drug-likeness (QED) is 0.409. The lowest BCUT2D eigenvalue weighted by Crippen LogP contribution is -2.47. The standard InChI is InChI=1S/C28H34N2O3.ClH/c1-22-5-4-6-25(17-22)30-15-13-29(14-16-30)12-11-23-7-9-24(10-8-23)21-33-28-19-26(31-2)18-27(20-28)32-3;/h4-10,17-20H,11-16,21H2,1-3H3;1H. The molecule has 0 aliphatic carbocycles. The van der Waals surface area contributed by atoms with Crippen LogP contribution in [-0.4, -0.2) is 51.8 Å². The monoisotopic (exact) mass is 482 g/mol. The van der Waals surface area contributed by atoms with Crippen molar-refractivity contribution < 1.29 is 14.2 Å². The molecule has 0 bridgehead atoms. The number of hydrogen-bond acceptors (Lipinski definition) is 5. The maximum Gasteiger partial charge on any atom is 0.127 e. The molecule has 0 amide bonds. The number of methoxy groups -OCH3 is 2. The second-order valence-electron chi connectivity index (χ2n) is 8.57. The first kappa shape index (κ1) is 25.7. The zero-order valence-corrected chi connectivity index (χ0v) is 21.1. The van der Waals surface area contributed by atoms with Gasteiger partial charge in [0.25, 0.3) is 0 Å². The molecule has 4 rings (SSSR count). The van der Waals surface area contributed by atoms with Crippen molar-refractivity contribution in [2.75, 3.05) is 51.8 Å². The van der Waals surface area contributed by atoms with E-state index in [-0.39, 0.29) is 12.4 Å². The lowest BCUT2D eigenvalue weighted by atomic mass is 10.1. The molecular weight excluding hydrogens is 448 g/mol. The van der Waals surface area contributed by atoms with E-state index in [2.05, 4.69) is 65.3 Å². The van der Waals surface area contributed by atoms with Crippen LogP contribution in [0.15, 0.2) is 66.7 Å². The average Bonchev–Trinajstić information content (AvgIpc) is 2.87. The lowest BCUT2D eigenvalue weighted by Gasteiger charge is -2.36. The van der Waals surface area contributed by atoms with Gasteiger partial charge in [0.2, 0.25) is 0 Å². The number of benzene rings is 3. The van der Waals surface area contributed by atoms with Crippen molar-refractivity contribution in [3.05, 3.63) is 83.4 Å². The highest BCUT2D eigenvalue weighted by Crippen LogP contribution is 2.28. The van der Waals surface area contributed by atoms with Crippen molar-refractivity contribution in [3.8, 4) is 17.2 Å². The Labute approximate surface area is 209 Å². The number of nitrogens with zero attached hydrogens (tertiary/aromatic N) is 2. The molecule has 3 aromatic carbocycles. The number of hydrogen-bond donors (Lipinski definition) is 0. The highest BCUT2D eigenvalue weighted by Gasteiger charge is 2.17. The Morgan fingerprint density at radius 1 is 0.735 bits per heavy atom. The van der Waals surface area contributed by atoms with Crippen molar-refractivity contribution in [2.24, 2.45) is 0 Å². The van der Waals surface area contributed by atoms with E-state index in [1.165, 1.54) is 16.8 Å². The summed E-state index contributed by atoms with van der Waals surface area (Å²) in [6, 6.07) is 23.1. The second kappa shape index (κ2) is 12.5. The summed E-state index contributed by atoms with van der Waals surface area (Å²) < 4.78 is 16.6. The molecule has 0 spiro atoms. The van der Waals surface area contributed by atoms with E-state index in [9.17, 15) is 0 Å². The predicted octanol–water partition coefficient (Wildman–Crippen LogP) is 5.38. The van der Waals surface area contributed by atoms with Crippen LogP contribution in [0, 0.1) is 6.92 Å². The number of halogens is 1. The van der Waals surface area contributed by atoms with Gasteiger partial charge in [-0.25, -0.2) is 0 Å². The molecule has 1 aliphatic heterocycles. The Morgan fingerprint density at radius 3 is 1.97 bits per heavy atom. The summed E-state index contributed by atoms with van der Waals surface area (Å²) in [7, 11) is 3.28. The Bertz CT molecular complexity index is 1010. The third kappa shape index (κ3) is 7.05. The van der Waals surface area contributed by atoms with E-state index in [0.29, 0.717) is 6.61 Å². The fourth-order valence-corrected chi connectivity index (χ4v) is 4.18. The zero-order valence-electron chi connectivity index (χ0n) is 20.3. The second-order valence-corrected chi connectivity index (χ2v) is 8.57. The molecule has 1 saturated heterocycles. The van der Waals surface area contributed by atoms with Crippen LogP contribution in [0.25, 0.3) is 0 Å². The van der Waals surface area contributed by atoms with Crippen molar-refractivity contribution in [2.45, 2.75) is 20.0 Å². The summed E-state index contributed by atoms with van der Waals surface area (Å²) in [6.07, 6.45) is 1.07. The first-order valence-electron chi connectivity index (χ1n) is 11.6. The van der Waals surface area contributed by atoms with E-state index < -0.39 is 0 Å². The van der Waals surface area contributed by atoms with Gasteiger partial charge in [0, 0.05) is 56.6 Å². The average molecular weight is 483 g/mol. The van der Waals surface area contributed by atoms with Crippen molar-refractivity contribution in [3.63, 3.8) is 0 Å². The molecule has 1 heterocycles. The van der Waals surface area contributed by atoms with Gasteiger partial charge in [-0.3, -0.25) is 4.90 Å². The number of anilines is 1. The van der Waals surface area contributed by atoms with Gasteiger partial charge < -0.3 is 19.1 Å². The molecule has 6 heteroatoms. The van der Waals surface area contributed by atoms with E-state index >= 15 is 0 Å². The van der Waals surface area contributed by atoms with Crippen LogP contribution < -0.4 is 19.1 Å². The molecule has 1 fully saturated rings. The summed E-state index contributed by atoms with van der Waals surface area (Å²) in [5.41, 5.74) is 5.18. The van der Waals surface area contributed by atoms with Crippen LogP contribution >= 0.6 is 12.4 Å². The Kier molecular flexibility index (Phi) is 9.49. The van der Waals surface area contributed by atoms with Gasteiger partial charge >= 0.3 is 0 Å².